The molecule has 2 N–H and O–H groups in total. The van der Waals surface area contributed by atoms with Crippen molar-refractivity contribution < 1.29 is 8.42 Å². The standard InChI is InChI=1S/C14H24N2O2S/c1-11(2)9-16(10-12(3)4)19(17,18)14-8-6-5-7-13(14)15/h5-8,11-12H,9-10,15H2,1-4H3. The number of para-hydroxylation sites is 1. The van der Waals surface area contributed by atoms with E-state index >= 15 is 0 Å². The van der Waals surface area contributed by atoms with Crippen LogP contribution in [0.15, 0.2) is 29.2 Å². The summed E-state index contributed by atoms with van der Waals surface area (Å²) in [4.78, 5) is 0.205. The lowest BCUT2D eigenvalue weighted by molar-refractivity contribution is 0.333. The summed E-state index contributed by atoms with van der Waals surface area (Å²) in [5.74, 6) is 0.553. The highest BCUT2D eigenvalue weighted by Gasteiger charge is 2.27. The average Bonchev–Trinajstić information content (AvgIpc) is 2.27. The maximum absolute atomic E-state index is 12.7. The highest BCUT2D eigenvalue weighted by molar-refractivity contribution is 7.89. The summed E-state index contributed by atoms with van der Waals surface area (Å²) in [6, 6.07) is 6.63. The third-order valence-corrected chi connectivity index (χ3v) is 4.58. The smallest absolute Gasteiger partial charge is 0.245 e. The Bertz CT molecular complexity index is 500. The second-order valence-electron chi connectivity index (χ2n) is 5.65. The fraction of sp³-hybridized carbons (Fsp3) is 0.571. The quantitative estimate of drug-likeness (QED) is 0.817. The van der Waals surface area contributed by atoms with Crippen LogP contribution in [0.1, 0.15) is 27.7 Å². The van der Waals surface area contributed by atoms with Gasteiger partial charge in [0.2, 0.25) is 10.0 Å². The SMILES string of the molecule is CC(C)CN(CC(C)C)S(=O)(=O)c1ccccc1N. The molecule has 1 rings (SSSR count). The van der Waals surface area contributed by atoms with Crippen LogP contribution in [0.4, 0.5) is 5.69 Å². The van der Waals surface area contributed by atoms with Gasteiger partial charge in [-0.05, 0) is 24.0 Å². The lowest BCUT2D eigenvalue weighted by atomic mass is 10.2. The van der Waals surface area contributed by atoms with E-state index < -0.39 is 10.0 Å². The summed E-state index contributed by atoms with van der Waals surface area (Å²) < 4.78 is 26.9. The van der Waals surface area contributed by atoms with Gasteiger partial charge in [0.25, 0.3) is 0 Å². The number of sulfonamides is 1. The minimum Gasteiger partial charge on any atom is -0.398 e. The molecule has 0 unspecified atom stereocenters. The minimum atomic E-state index is -3.51. The first-order valence-corrected chi connectivity index (χ1v) is 8.03. The van der Waals surface area contributed by atoms with E-state index in [-0.39, 0.29) is 16.7 Å². The first kappa shape index (κ1) is 16.0. The van der Waals surface area contributed by atoms with Gasteiger partial charge >= 0.3 is 0 Å². The van der Waals surface area contributed by atoms with Crippen molar-refractivity contribution in [1.82, 2.24) is 4.31 Å². The molecule has 0 atom stereocenters. The van der Waals surface area contributed by atoms with E-state index in [1.807, 2.05) is 27.7 Å². The molecule has 0 aliphatic heterocycles. The van der Waals surface area contributed by atoms with E-state index in [0.717, 1.165) is 0 Å². The van der Waals surface area contributed by atoms with Crippen LogP contribution in [0, 0.1) is 11.8 Å². The molecule has 0 saturated heterocycles. The molecule has 0 aromatic heterocycles. The molecule has 4 nitrogen and oxygen atoms in total. The third-order valence-electron chi connectivity index (χ3n) is 2.67. The highest BCUT2D eigenvalue weighted by atomic mass is 32.2. The number of nitrogen functional groups attached to an aromatic ring is 1. The molecule has 0 bridgehead atoms. The minimum absolute atomic E-state index is 0.205. The molecule has 0 fully saturated rings. The summed E-state index contributed by atoms with van der Waals surface area (Å²) >= 11 is 0. The number of hydrogen-bond donors (Lipinski definition) is 1. The molecule has 1 aromatic rings. The van der Waals surface area contributed by atoms with Crippen molar-refractivity contribution in [3.63, 3.8) is 0 Å². The molecule has 0 saturated carbocycles. The van der Waals surface area contributed by atoms with Crippen molar-refractivity contribution in [2.24, 2.45) is 11.8 Å². The van der Waals surface area contributed by atoms with Crippen LogP contribution in [-0.2, 0) is 10.0 Å². The van der Waals surface area contributed by atoms with Gasteiger partial charge < -0.3 is 5.73 Å². The Morgan fingerprint density at radius 3 is 1.95 bits per heavy atom. The van der Waals surface area contributed by atoms with Gasteiger partial charge in [-0.3, -0.25) is 0 Å². The average molecular weight is 284 g/mol. The lowest BCUT2D eigenvalue weighted by Gasteiger charge is -2.26. The van der Waals surface area contributed by atoms with Crippen molar-refractivity contribution in [2.75, 3.05) is 18.8 Å². The van der Waals surface area contributed by atoms with Gasteiger partial charge in [-0.15, -0.1) is 0 Å². The van der Waals surface area contributed by atoms with Crippen molar-refractivity contribution in [1.29, 1.82) is 0 Å². The fourth-order valence-electron chi connectivity index (χ4n) is 1.94. The Balaban J connectivity index is 3.16. The van der Waals surface area contributed by atoms with E-state index in [0.29, 0.717) is 18.8 Å². The molecular weight excluding hydrogens is 260 g/mol. The highest BCUT2D eigenvalue weighted by Crippen LogP contribution is 2.23. The maximum atomic E-state index is 12.7. The molecule has 5 heteroatoms. The zero-order chi connectivity index (χ0) is 14.6. The molecule has 1 aromatic carbocycles. The van der Waals surface area contributed by atoms with Gasteiger partial charge in [0.1, 0.15) is 4.90 Å². The Morgan fingerprint density at radius 2 is 1.53 bits per heavy atom. The van der Waals surface area contributed by atoms with Gasteiger partial charge in [0.05, 0.1) is 5.69 Å². The molecular formula is C14H24N2O2S. The first-order chi connectivity index (χ1) is 8.75. The summed E-state index contributed by atoms with van der Waals surface area (Å²) in [7, 11) is -3.51. The third kappa shape index (κ3) is 4.21. The van der Waals surface area contributed by atoms with Gasteiger partial charge in [-0.2, -0.15) is 4.31 Å². The topological polar surface area (TPSA) is 63.4 Å². The van der Waals surface area contributed by atoms with Crippen molar-refractivity contribution in [3.05, 3.63) is 24.3 Å². The summed E-state index contributed by atoms with van der Waals surface area (Å²) in [5, 5.41) is 0. The van der Waals surface area contributed by atoms with E-state index in [9.17, 15) is 8.42 Å². The van der Waals surface area contributed by atoms with Crippen molar-refractivity contribution in [3.8, 4) is 0 Å². The Labute approximate surface area is 116 Å². The Morgan fingerprint density at radius 1 is 1.05 bits per heavy atom. The van der Waals surface area contributed by atoms with Gasteiger partial charge in [0, 0.05) is 13.1 Å². The normalized spacial score (nSPS) is 12.6. The number of benzene rings is 1. The van der Waals surface area contributed by atoms with Crippen molar-refractivity contribution >= 4 is 15.7 Å². The largest absolute Gasteiger partial charge is 0.398 e. The number of nitrogens with zero attached hydrogens (tertiary/aromatic N) is 1. The molecule has 0 radical (unpaired) electrons. The van der Waals surface area contributed by atoms with E-state index in [2.05, 4.69) is 0 Å². The number of hydrogen-bond acceptors (Lipinski definition) is 3. The van der Waals surface area contributed by atoms with Gasteiger partial charge in [0.15, 0.2) is 0 Å². The van der Waals surface area contributed by atoms with Crippen LogP contribution in [-0.4, -0.2) is 25.8 Å². The molecule has 0 aliphatic carbocycles. The van der Waals surface area contributed by atoms with Gasteiger partial charge in [-0.1, -0.05) is 39.8 Å². The van der Waals surface area contributed by atoms with Crippen LogP contribution >= 0.6 is 0 Å². The van der Waals surface area contributed by atoms with Crippen LogP contribution in [0.25, 0.3) is 0 Å². The molecule has 108 valence electrons. The fourth-order valence-corrected chi connectivity index (χ4v) is 3.82. The number of anilines is 1. The molecule has 19 heavy (non-hydrogen) atoms. The number of nitrogens with two attached hydrogens (primary N) is 1. The number of rotatable bonds is 6. The second-order valence-corrected chi connectivity index (χ2v) is 7.55. The molecule has 0 aliphatic rings. The van der Waals surface area contributed by atoms with Crippen molar-refractivity contribution in [2.45, 2.75) is 32.6 Å². The van der Waals surface area contributed by atoms with E-state index in [1.165, 1.54) is 4.31 Å². The predicted octanol–water partition coefficient (Wildman–Crippen LogP) is 2.57. The Kier molecular flexibility index (Phi) is 5.38. The summed E-state index contributed by atoms with van der Waals surface area (Å²) in [5.41, 5.74) is 6.11. The second kappa shape index (κ2) is 6.39. The molecule has 0 spiro atoms. The van der Waals surface area contributed by atoms with Crippen LogP contribution in [0.3, 0.4) is 0 Å². The predicted molar refractivity (Wildman–Crippen MR) is 79.3 cm³/mol. The van der Waals surface area contributed by atoms with E-state index in [4.69, 9.17) is 5.73 Å². The van der Waals surface area contributed by atoms with Crippen LogP contribution < -0.4 is 5.73 Å². The first-order valence-electron chi connectivity index (χ1n) is 6.59. The zero-order valence-electron chi connectivity index (χ0n) is 12.1. The van der Waals surface area contributed by atoms with Crippen LogP contribution in [0.5, 0.6) is 0 Å². The molecule has 0 heterocycles. The summed E-state index contributed by atoms with van der Waals surface area (Å²) in [6.45, 7) is 9.06. The monoisotopic (exact) mass is 284 g/mol. The summed E-state index contributed by atoms with van der Waals surface area (Å²) in [6.07, 6.45) is 0. The van der Waals surface area contributed by atoms with Gasteiger partial charge in [-0.25, -0.2) is 8.42 Å². The lowest BCUT2D eigenvalue weighted by Crippen LogP contribution is -2.37. The van der Waals surface area contributed by atoms with Crippen LogP contribution in [0.2, 0.25) is 0 Å². The zero-order valence-corrected chi connectivity index (χ0v) is 12.9. The maximum Gasteiger partial charge on any atom is 0.245 e. The Hall–Kier alpha value is -1.07. The molecule has 0 amide bonds. The van der Waals surface area contributed by atoms with E-state index in [1.54, 1.807) is 24.3 Å².